The molecule has 1 fully saturated rings. The maximum Gasteiger partial charge on any atom is 0.177 e. The third-order valence-corrected chi connectivity index (χ3v) is 6.32. The van der Waals surface area contributed by atoms with E-state index in [1.165, 1.54) is 0 Å². The Morgan fingerprint density at radius 3 is 2.88 bits per heavy atom. The number of fused-ring (bicyclic) bond motifs is 2. The topological polar surface area (TPSA) is 67.6 Å². The molecule has 1 atom stereocenters. The van der Waals surface area contributed by atoms with Crippen molar-refractivity contribution in [1.82, 2.24) is 24.5 Å². The van der Waals surface area contributed by atoms with Crippen molar-refractivity contribution in [3.8, 4) is 0 Å². The van der Waals surface area contributed by atoms with E-state index in [0.29, 0.717) is 5.15 Å². The summed E-state index contributed by atoms with van der Waals surface area (Å²) in [4.78, 5) is 11.9. The van der Waals surface area contributed by atoms with Crippen molar-refractivity contribution >= 4 is 45.3 Å². The average Bonchev–Trinajstić information content (AvgIpc) is 3.26. The molecule has 7 nitrogen and oxygen atoms in total. The normalized spacial score (nSPS) is 16.0. The van der Waals surface area contributed by atoms with Crippen molar-refractivity contribution in [3.05, 3.63) is 64.3 Å². The van der Waals surface area contributed by atoms with Crippen LogP contribution >= 0.6 is 23.2 Å². The standard InChI is InChI=1S/C23H24Cl2N6O/c1-15(27-20-14-21(25)29-31-8-6-26-23(20)31)19-13-16-3-2-4-17(24)22(16)18(28-19)5-7-30-9-11-32-12-10-30/h2-4,6,8,13-15,27H,5,7,9-12H2,1H3. The third-order valence-electron chi connectivity index (χ3n) is 5.82. The van der Waals surface area contributed by atoms with E-state index in [1.807, 2.05) is 12.1 Å². The Labute approximate surface area is 196 Å². The molecule has 1 unspecified atom stereocenters. The molecule has 1 aliphatic rings. The first kappa shape index (κ1) is 21.4. The Kier molecular flexibility index (Phi) is 6.15. The summed E-state index contributed by atoms with van der Waals surface area (Å²) in [6.45, 7) is 6.48. The van der Waals surface area contributed by atoms with Gasteiger partial charge >= 0.3 is 0 Å². The SMILES string of the molecule is CC(Nc1cc(Cl)nn2ccnc12)c1cc2cccc(Cl)c2c(CCN2CCOCC2)n1. The minimum absolute atomic E-state index is 0.0699. The molecule has 1 aromatic carbocycles. The van der Waals surface area contributed by atoms with Crippen LogP contribution in [0.25, 0.3) is 16.4 Å². The fourth-order valence-corrected chi connectivity index (χ4v) is 4.64. The van der Waals surface area contributed by atoms with Gasteiger partial charge in [0, 0.05) is 49.9 Å². The number of rotatable bonds is 6. The second-order valence-electron chi connectivity index (χ2n) is 7.98. The van der Waals surface area contributed by atoms with Crippen LogP contribution in [0.1, 0.15) is 24.4 Å². The lowest BCUT2D eigenvalue weighted by Crippen LogP contribution is -2.37. The second kappa shape index (κ2) is 9.19. The summed E-state index contributed by atoms with van der Waals surface area (Å²) in [7, 11) is 0. The third kappa shape index (κ3) is 4.38. The first-order valence-electron chi connectivity index (χ1n) is 10.7. The number of hydrogen-bond donors (Lipinski definition) is 1. The average molecular weight is 471 g/mol. The maximum atomic E-state index is 6.59. The maximum absolute atomic E-state index is 6.59. The Morgan fingerprint density at radius 1 is 1.19 bits per heavy atom. The molecule has 0 bridgehead atoms. The minimum atomic E-state index is -0.0699. The van der Waals surface area contributed by atoms with E-state index in [2.05, 4.69) is 39.4 Å². The molecule has 1 N–H and O–H groups in total. The van der Waals surface area contributed by atoms with Gasteiger partial charge in [0.05, 0.1) is 41.4 Å². The largest absolute Gasteiger partial charge is 0.379 e. The summed E-state index contributed by atoms with van der Waals surface area (Å²) in [5, 5.41) is 11.0. The quantitative estimate of drug-likeness (QED) is 0.442. The monoisotopic (exact) mass is 470 g/mol. The van der Waals surface area contributed by atoms with Crippen LogP contribution in [-0.2, 0) is 11.2 Å². The van der Waals surface area contributed by atoms with E-state index in [4.69, 9.17) is 32.9 Å². The lowest BCUT2D eigenvalue weighted by atomic mass is 10.0. The molecular formula is C23H24Cl2N6O. The molecule has 0 aliphatic carbocycles. The smallest absolute Gasteiger partial charge is 0.177 e. The van der Waals surface area contributed by atoms with Crippen LogP contribution in [-0.4, -0.2) is 57.3 Å². The zero-order valence-electron chi connectivity index (χ0n) is 17.8. The predicted octanol–water partition coefficient (Wildman–Crippen LogP) is 4.63. The van der Waals surface area contributed by atoms with Gasteiger partial charge in [-0.25, -0.2) is 9.50 Å². The lowest BCUT2D eigenvalue weighted by Gasteiger charge is -2.26. The highest BCUT2D eigenvalue weighted by Gasteiger charge is 2.17. The van der Waals surface area contributed by atoms with Gasteiger partial charge in [0.2, 0.25) is 0 Å². The minimum Gasteiger partial charge on any atom is -0.379 e. The number of nitrogens with zero attached hydrogens (tertiary/aromatic N) is 5. The summed E-state index contributed by atoms with van der Waals surface area (Å²) in [5.41, 5.74) is 3.49. The highest BCUT2D eigenvalue weighted by molar-refractivity contribution is 6.35. The second-order valence-corrected chi connectivity index (χ2v) is 8.77. The molecule has 9 heteroatoms. The molecule has 3 aromatic heterocycles. The summed E-state index contributed by atoms with van der Waals surface area (Å²) in [5.74, 6) is 0. The Morgan fingerprint density at radius 2 is 2.03 bits per heavy atom. The highest BCUT2D eigenvalue weighted by Crippen LogP contribution is 2.30. The van der Waals surface area contributed by atoms with Gasteiger partial charge in [-0.1, -0.05) is 35.3 Å². The molecule has 4 aromatic rings. The van der Waals surface area contributed by atoms with Crippen molar-refractivity contribution in [1.29, 1.82) is 0 Å². The molecule has 32 heavy (non-hydrogen) atoms. The Hall–Kier alpha value is -2.45. The van der Waals surface area contributed by atoms with Gasteiger partial charge in [-0.15, -0.1) is 0 Å². The van der Waals surface area contributed by atoms with Gasteiger partial charge in [-0.3, -0.25) is 9.88 Å². The molecule has 1 saturated heterocycles. The van der Waals surface area contributed by atoms with Gasteiger partial charge in [0.1, 0.15) is 0 Å². The summed E-state index contributed by atoms with van der Waals surface area (Å²) in [6, 6.07) is 9.82. The van der Waals surface area contributed by atoms with Crippen LogP contribution in [0.5, 0.6) is 0 Å². The van der Waals surface area contributed by atoms with Gasteiger partial charge in [0.25, 0.3) is 0 Å². The number of hydrogen-bond acceptors (Lipinski definition) is 6. The zero-order valence-corrected chi connectivity index (χ0v) is 19.3. The van der Waals surface area contributed by atoms with Crippen molar-refractivity contribution < 1.29 is 4.74 Å². The zero-order chi connectivity index (χ0) is 22.1. The van der Waals surface area contributed by atoms with Gasteiger partial charge in [-0.2, -0.15) is 5.10 Å². The Balaban J connectivity index is 1.47. The summed E-state index contributed by atoms with van der Waals surface area (Å²) in [6.07, 6.45) is 4.30. The van der Waals surface area contributed by atoms with Crippen LogP contribution in [0.2, 0.25) is 10.2 Å². The van der Waals surface area contributed by atoms with Crippen LogP contribution in [0, 0.1) is 0 Å². The van der Waals surface area contributed by atoms with E-state index in [9.17, 15) is 0 Å². The number of nitrogens with one attached hydrogen (secondary N) is 1. The lowest BCUT2D eigenvalue weighted by molar-refractivity contribution is 0.0384. The number of anilines is 1. The van der Waals surface area contributed by atoms with Crippen LogP contribution in [0.4, 0.5) is 5.69 Å². The fourth-order valence-electron chi connectivity index (χ4n) is 4.16. The van der Waals surface area contributed by atoms with Crippen LogP contribution in [0.3, 0.4) is 0 Å². The van der Waals surface area contributed by atoms with E-state index in [1.54, 1.807) is 23.0 Å². The number of imidazole rings is 1. The first-order chi connectivity index (χ1) is 15.6. The fraction of sp³-hybridized carbons (Fsp3) is 0.348. The molecular weight excluding hydrogens is 447 g/mol. The molecule has 0 spiro atoms. The van der Waals surface area contributed by atoms with Gasteiger partial charge in [0.15, 0.2) is 10.8 Å². The van der Waals surface area contributed by atoms with Crippen molar-refractivity contribution in [2.24, 2.45) is 0 Å². The van der Waals surface area contributed by atoms with Crippen molar-refractivity contribution in [2.75, 3.05) is 38.2 Å². The van der Waals surface area contributed by atoms with Crippen molar-refractivity contribution in [2.45, 2.75) is 19.4 Å². The number of morpholine rings is 1. The molecule has 0 radical (unpaired) electrons. The number of benzene rings is 1. The van der Waals surface area contributed by atoms with Crippen molar-refractivity contribution in [3.63, 3.8) is 0 Å². The van der Waals surface area contributed by atoms with E-state index in [0.717, 1.165) is 77.8 Å². The van der Waals surface area contributed by atoms with Crippen LogP contribution < -0.4 is 5.32 Å². The van der Waals surface area contributed by atoms with E-state index in [-0.39, 0.29) is 6.04 Å². The van der Waals surface area contributed by atoms with E-state index < -0.39 is 0 Å². The molecule has 166 valence electrons. The van der Waals surface area contributed by atoms with Gasteiger partial charge < -0.3 is 10.1 Å². The van der Waals surface area contributed by atoms with Gasteiger partial charge in [-0.05, 0) is 24.4 Å². The molecule has 0 amide bonds. The number of aromatic nitrogens is 4. The number of ether oxygens (including phenoxy) is 1. The number of pyridine rings is 1. The van der Waals surface area contributed by atoms with E-state index >= 15 is 0 Å². The predicted molar refractivity (Wildman–Crippen MR) is 128 cm³/mol. The molecule has 1 aliphatic heterocycles. The Bertz CT molecular complexity index is 1250. The van der Waals surface area contributed by atoms with Crippen LogP contribution in [0.15, 0.2) is 42.7 Å². The first-order valence-corrected chi connectivity index (χ1v) is 11.5. The summed E-state index contributed by atoms with van der Waals surface area (Å²) >= 11 is 12.8. The molecule has 0 saturated carbocycles. The highest BCUT2D eigenvalue weighted by atomic mass is 35.5. The summed E-state index contributed by atoms with van der Waals surface area (Å²) < 4.78 is 7.14. The number of halogens is 2. The molecule has 4 heterocycles. The molecule has 5 rings (SSSR count).